The highest BCUT2D eigenvalue weighted by Crippen LogP contribution is 2.34. The standard InChI is InChI=1S/C16H9F3N4O2S/c17-16(18,19)14-21-9-5-4-7(20)6-8(9)13(25)23(14)15-22-12-10(24)2-1-3-11(12)26-15/h1-6,24H,20H2. The number of para-hydroxylation sites is 1. The van der Waals surface area contributed by atoms with Gasteiger partial charge in [-0.05, 0) is 30.3 Å². The fourth-order valence-electron chi connectivity index (χ4n) is 2.59. The molecule has 0 aliphatic heterocycles. The molecular formula is C16H9F3N4O2S. The third-order valence-electron chi connectivity index (χ3n) is 3.72. The smallest absolute Gasteiger partial charge is 0.450 e. The van der Waals surface area contributed by atoms with Gasteiger partial charge in [-0.1, -0.05) is 17.4 Å². The molecule has 6 nitrogen and oxygen atoms in total. The first kappa shape index (κ1) is 16.3. The van der Waals surface area contributed by atoms with Crippen LogP contribution in [0.25, 0.3) is 26.3 Å². The number of halogens is 3. The first-order valence-electron chi connectivity index (χ1n) is 7.24. The van der Waals surface area contributed by atoms with Crippen molar-refractivity contribution in [2.75, 3.05) is 5.73 Å². The van der Waals surface area contributed by atoms with Crippen LogP contribution in [0, 0.1) is 0 Å². The molecule has 3 N–H and O–H groups in total. The molecule has 0 saturated carbocycles. The molecule has 0 aliphatic carbocycles. The van der Waals surface area contributed by atoms with Crippen LogP contribution >= 0.6 is 11.3 Å². The molecule has 4 rings (SSSR count). The lowest BCUT2D eigenvalue weighted by molar-refractivity contribution is -0.146. The zero-order valence-electron chi connectivity index (χ0n) is 12.8. The number of phenolic OH excluding ortho intramolecular Hbond substituents is 1. The van der Waals surface area contributed by atoms with Gasteiger partial charge < -0.3 is 10.8 Å². The van der Waals surface area contributed by atoms with Crippen LogP contribution in [-0.4, -0.2) is 19.6 Å². The number of phenols is 1. The molecule has 0 bridgehead atoms. The highest BCUT2D eigenvalue weighted by molar-refractivity contribution is 7.20. The Morgan fingerprint density at radius 3 is 2.62 bits per heavy atom. The van der Waals surface area contributed by atoms with Gasteiger partial charge in [0.1, 0.15) is 11.3 Å². The van der Waals surface area contributed by atoms with Crippen molar-refractivity contribution in [2.24, 2.45) is 0 Å². The number of rotatable bonds is 1. The van der Waals surface area contributed by atoms with Crippen molar-refractivity contribution < 1.29 is 18.3 Å². The number of nitrogen functional groups attached to an aromatic ring is 1. The number of fused-ring (bicyclic) bond motifs is 2. The van der Waals surface area contributed by atoms with Gasteiger partial charge in [0.05, 0.1) is 15.6 Å². The molecule has 26 heavy (non-hydrogen) atoms. The topological polar surface area (TPSA) is 94.0 Å². The highest BCUT2D eigenvalue weighted by atomic mass is 32.1. The summed E-state index contributed by atoms with van der Waals surface area (Å²) in [5, 5.41) is 9.55. The Kier molecular flexibility index (Phi) is 3.41. The molecule has 0 radical (unpaired) electrons. The SMILES string of the molecule is Nc1ccc2nc(C(F)(F)F)n(-c3nc4c(O)cccc4s3)c(=O)c2c1. The summed E-state index contributed by atoms with van der Waals surface area (Å²) in [6.07, 6.45) is -4.88. The number of aromatic hydroxyl groups is 1. The molecule has 10 heteroatoms. The van der Waals surface area contributed by atoms with Crippen molar-refractivity contribution in [3.05, 3.63) is 52.6 Å². The molecule has 132 valence electrons. The summed E-state index contributed by atoms with van der Waals surface area (Å²) in [5.41, 5.74) is 4.93. The fraction of sp³-hybridized carbons (Fsp3) is 0.0625. The summed E-state index contributed by atoms with van der Waals surface area (Å²) in [6, 6.07) is 8.38. The molecular weight excluding hydrogens is 369 g/mol. The molecule has 0 saturated heterocycles. The minimum absolute atomic E-state index is 0.0542. The lowest BCUT2D eigenvalue weighted by Crippen LogP contribution is -2.28. The lowest BCUT2D eigenvalue weighted by atomic mass is 10.2. The van der Waals surface area contributed by atoms with Gasteiger partial charge in [0.15, 0.2) is 5.13 Å². The summed E-state index contributed by atoms with van der Waals surface area (Å²) in [5.74, 6) is -1.58. The van der Waals surface area contributed by atoms with Gasteiger partial charge >= 0.3 is 6.18 Å². The van der Waals surface area contributed by atoms with Crippen molar-refractivity contribution in [1.29, 1.82) is 0 Å². The minimum Gasteiger partial charge on any atom is -0.506 e. The van der Waals surface area contributed by atoms with E-state index < -0.39 is 17.6 Å². The fourth-order valence-corrected chi connectivity index (χ4v) is 3.58. The minimum atomic E-state index is -4.88. The molecule has 2 aromatic heterocycles. The van der Waals surface area contributed by atoms with E-state index >= 15 is 0 Å². The van der Waals surface area contributed by atoms with E-state index in [1.54, 1.807) is 6.07 Å². The van der Waals surface area contributed by atoms with Crippen molar-refractivity contribution in [3.8, 4) is 10.9 Å². The molecule has 0 spiro atoms. The average molecular weight is 378 g/mol. The maximum absolute atomic E-state index is 13.5. The second kappa shape index (κ2) is 5.43. The number of alkyl halides is 3. The van der Waals surface area contributed by atoms with Gasteiger partial charge in [-0.3, -0.25) is 4.79 Å². The second-order valence-electron chi connectivity index (χ2n) is 5.47. The van der Waals surface area contributed by atoms with Gasteiger partial charge in [0.2, 0.25) is 5.82 Å². The van der Waals surface area contributed by atoms with Gasteiger partial charge in [-0.25, -0.2) is 14.5 Å². The molecule has 2 aromatic carbocycles. The second-order valence-corrected chi connectivity index (χ2v) is 6.48. The van der Waals surface area contributed by atoms with E-state index in [4.69, 9.17) is 5.73 Å². The van der Waals surface area contributed by atoms with E-state index in [0.29, 0.717) is 9.27 Å². The normalized spacial score (nSPS) is 12.1. The summed E-state index contributed by atoms with van der Waals surface area (Å²) < 4.78 is 41.5. The van der Waals surface area contributed by atoms with Gasteiger partial charge in [-0.15, -0.1) is 0 Å². The zero-order valence-corrected chi connectivity index (χ0v) is 13.6. The largest absolute Gasteiger partial charge is 0.506 e. The van der Waals surface area contributed by atoms with Crippen LogP contribution in [0.1, 0.15) is 5.82 Å². The highest BCUT2D eigenvalue weighted by Gasteiger charge is 2.38. The number of anilines is 1. The molecule has 2 heterocycles. The number of aromatic nitrogens is 3. The molecule has 0 unspecified atom stereocenters. The Morgan fingerprint density at radius 1 is 1.15 bits per heavy atom. The summed E-state index contributed by atoms with van der Waals surface area (Å²) in [6.45, 7) is 0. The Balaban J connectivity index is 2.13. The Labute approximate surface area is 147 Å². The van der Waals surface area contributed by atoms with Crippen LogP contribution in [0.5, 0.6) is 5.75 Å². The predicted molar refractivity (Wildman–Crippen MR) is 91.6 cm³/mol. The van der Waals surface area contributed by atoms with E-state index in [0.717, 1.165) is 11.3 Å². The van der Waals surface area contributed by atoms with Crippen LogP contribution in [0.2, 0.25) is 0 Å². The maximum Gasteiger partial charge on any atom is 0.450 e. The van der Waals surface area contributed by atoms with E-state index in [9.17, 15) is 23.1 Å². The number of thiazole rings is 1. The van der Waals surface area contributed by atoms with Crippen LogP contribution in [-0.2, 0) is 6.18 Å². The van der Waals surface area contributed by atoms with Gasteiger partial charge in [-0.2, -0.15) is 13.2 Å². The average Bonchev–Trinajstić information content (AvgIpc) is 2.99. The van der Waals surface area contributed by atoms with E-state index in [1.807, 2.05) is 0 Å². The number of nitrogens with two attached hydrogens (primary N) is 1. The summed E-state index contributed by atoms with van der Waals surface area (Å²) >= 11 is 0.842. The Morgan fingerprint density at radius 2 is 1.92 bits per heavy atom. The van der Waals surface area contributed by atoms with Gasteiger partial charge in [0.25, 0.3) is 5.56 Å². The van der Waals surface area contributed by atoms with Gasteiger partial charge in [0, 0.05) is 5.69 Å². The quantitative estimate of drug-likeness (QED) is 0.496. The first-order chi connectivity index (χ1) is 12.3. The third kappa shape index (κ3) is 2.46. The lowest BCUT2D eigenvalue weighted by Gasteiger charge is -2.13. The van der Waals surface area contributed by atoms with E-state index in [-0.39, 0.29) is 33.0 Å². The molecule has 4 aromatic rings. The maximum atomic E-state index is 13.5. The van der Waals surface area contributed by atoms with Crippen LogP contribution < -0.4 is 11.3 Å². The van der Waals surface area contributed by atoms with Crippen LogP contribution in [0.3, 0.4) is 0 Å². The van der Waals surface area contributed by atoms with Crippen molar-refractivity contribution in [3.63, 3.8) is 0 Å². The first-order valence-corrected chi connectivity index (χ1v) is 8.06. The van der Waals surface area contributed by atoms with Crippen molar-refractivity contribution in [1.82, 2.24) is 14.5 Å². The van der Waals surface area contributed by atoms with Crippen LogP contribution in [0.4, 0.5) is 18.9 Å². The molecule has 0 aliphatic rings. The predicted octanol–water partition coefficient (Wildman–Crippen LogP) is 3.30. The molecule has 0 fully saturated rings. The number of hydrogen-bond acceptors (Lipinski definition) is 6. The van der Waals surface area contributed by atoms with E-state index in [1.165, 1.54) is 30.3 Å². The number of hydrogen-bond donors (Lipinski definition) is 2. The Bertz CT molecular complexity index is 1230. The summed E-state index contributed by atoms with van der Waals surface area (Å²) in [7, 11) is 0. The monoisotopic (exact) mass is 378 g/mol. The third-order valence-corrected chi connectivity index (χ3v) is 4.73. The molecule has 0 atom stereocenters. The van der Waals surface area contributed by atoms with Crippen molar-refractivity contribution >= 4 is 38.1 Å². The Hall–Kier alpha value is -3.14. The van der Waals surface area contributed by atoms with Crippen molar-refractivity contribution in [2.45, 2.75) is 6.18 Å². The van der Waals surface area contributed by atoms with E-state index in [2.05, 4.69) is 9.97 Å². The number of benzene rings is 2. The number of nitrogens with zero attached hydrogens (tertiary/aromatic N) is 3. The zero-order chi connectivity index (χ0) is 18.6. The summed E-state index contributed by atoms with van der Waals surface area (Å²) in [4.78, 5) is 20.4. The molecule has 0 amide bonds. The van der Waals surface area contributed by atoms with Crippen LogP contribution in [0.15, 0.2) is 41.2 Å².